The summed E-state index contributed by atoms with van der Waals surface area (Å²) in [4.78, 5) is 34.5. The zero-order valence-corrected chi connectivity index (χ0v) is 17.4. The van der Waals surface area contributed by atoms with E-state index in [4.69, 9.17) is 0 Å². The molecule has 1 aliphatic carbocycles. The lowest BCUT2D eigenvalue weighted by Crippen LogP contribution is -2.16. The van der Waals surface area contributed by atoms with Crippen molar-refractivity contribution < 1.29 is 4.79 Å². The number of rotatable bonds is 5. The van der Waals surface area contributed by atoms with Crippen molar-refractivity contribution in [3.63, 3.8) is 0 Å². The highest BCUT2D eigenvalue weighted by Gasteiger charge is 2.20. The molecule has 1 atom stereocenters. The van der Waals surface area contributed by atoms with Gasteiger partial charge in [-0.3, -0.25) is 9.59 Å². The monoisotopic (exact) mass is 398 g/mol. The average molecular weight is 399 g/mol. The first-order valence-electron chi connectivity index (χ1n) is 9.20. The van der Waals surface area contributed by atoms with Crippen LogP contribution in [0.15, 0.2) is 23.0 Å². The summed E-state index contributed by atoms with van der Waals surface area (Å²) in [5.41, 5.74) is 4.40. The Balaban J connectivity index is 1.49. The third-order valence-electron chi connectivity index (χ3n) is 5.31. The highest BCUT2D eigenvalue weighted by Crippen LogP contribution is 2.28. The van der Waals surface area contributed by atoms with Crippen LogP contribution in [0.5, 0.6) is 0 Å². The van der Waals surface area contributed by atoms with E-state index < -0.39 is 0 Å². The quantitative estimate of drug-likeness (QED) is 0.638. The van der Waals surface area contributed by atoms with Gasteiger partial charge in [-0.1, -0.05) is 12.1 Å². The fourth-order valence-electron chi connectivity index (χ4n) is 3.61. The van der Waals surface area contributed by atoms with Gasteiger partial charge in [0.15, 0.2) is 5.78 Å². The molecule has 6 heteroatoms. The fraction of sp³-hybridized carbons (Fsp3) is 0.381. The normalized spacial score (nSPS) is 14.5. The number of thioether (sulfide) groups is 1. The van der Waals surface area contributed by atoms with Crippen molar-refractivity contribution in [2.45, 2.75) is 51.0 Å². The van der Waals surface area contributed by atoms with Crippen LogP contribution in [-0.2, 0) is 18.6 Å². The summed E-state index contributed by atoms with van der Waals surface area (Å²) in [6.07, 6.45) is 3.38. The van der Waals surface area contributed by atoms with E-state index in [9.17, 15) is 9.59 Å². The molecule has 0 saturated heterocycles. The molecule has 1 N–H and O–H groups in total. The molecule has 2 heterocycles. The Hall–Kier alpha value is -1.92. The molecular formula is C21H22N2O2S2. The molecule has 0 unspecified atom stereocenters. The van der Waals surface area contributed by atoms with E-state index in [2.05, 4.69) is 22.1 Å². The number of carbonyl (C=O) groups is 1. The first kappa shape index (κ1) is 18.4. The van der Waals surface area contributed by atoms with Crippen molar-refractivity contribution in [3.05, 3.63) is 61.5 Å². The largest absolute Gasteiger partial charge is 0.309 e. The molecule has 0 bridgehead atoms. The van der Waals surface area contributed by atoms with E-state index in [1.807, 2.05) is 26.8 Å². The van der Waals surface area contributed by atoms with Gasteiger partial charge in [0.25, 0.3) is 5.56 Å². The van der Waals surface area contributed by atoms with Crippen LogP contribution in [0.1, 0.15) is 51.1 Å². The highest BCUT2D eigenvalue weighted by molar-refractivity contribution is 7.99. The molecule has 0 spiro atoms. The lowest BCUT2D eigenvalue weighted by atomic mass is 10.0. The summed E-state index contributed by atoms with van der Waals surface area (Å²) in [6.45, 7) is 5.89. The Kier molecular flexibility index (Phi) is 4.95. The lowest BCUT2D eigenvalue weighted by molar-refractivity contribution is 0.0994. The molecule has 0 saturated carbocycles. The zero-order valence-electron chi connectivity index (χ0n) is 15.7. The number of ketones is 1. The number of aromatic amines is 1. The Morgan fingerprint density at radius 1 is 1.30 bits per heavy atom. The van der Waals surface area contributed by atoms with Crippen LogP contribution >= 0.6 is 23.1 Å². The molecule has 2 aromatic heterocycles. The number of fused-ring (bicyclic) bond motifs is 2. The number of aromatic nitrogens is 2. The minimum absolute atomic E-state index is 0.0879. The van der Waals surface area contributed by atoms with Gasteiger partial charge in [-0.05, 0) is 62.8 Å². The predicted molar refractivity (Wildman–Crippen MR) is 113 cm³/mol. The van der Waals surface area contributed by atoms with Gasteiger partial charge in [-0.15, -0.1) is 23.1 Å². The van der Waals surface area contributed by atoms with E-state index in [0.717, 1.165) is 33.7 Å². The molecule has 1 aromatic carbocycles. The summed E-state index contributed by atoms with van der Waals surface area (Å²) < 4.78 is 0. The third kappa shape index (κ3) is 3.48. The predicted octanol–water partition coefficient (Wildman–Crippen LogP) is 4.59. The topological polar surface area (TPSA) is 62.8 Å². The van der Waals surface area contributed by atoms with Crippen LogP contribution in [0.3, 0.4) is 0 Å². The second-order valence-electron chi connectivity index (χ2n) is 7.13. The molecule has 4 rings (SSSR count). The van der Waals surface area contributed by atoms with Gasteiger partial charge in [-0.25, -0.2) is 4.98 Å². The second kappa shape index (κ2) is 7.24. The Morgan fingerprint density at radius 3 is 2.89 bits per heavy atom. The number of carbonyl (C=O) groups excluding carboxylic acids is 1. The molecule has 27 heavy (non-hydrogen) atoms. The van der Waals surface area contributed by atoms with Crippen LogP contribution in [0.4, 0.5) is 0 Å². The molecule has 0 fully saturated rings. The first-order valence-corrected chi connectivity index (χ1v) is 11.1. The number of aryl methyl sites for hydroxylation is 4. The number of benzene rings is 1. The molecule has 140 valence electrons. The second-order valence-corrected chi connectivity index (χ2v) is 9.66. The van der Waals surface area contributed by atoms with Crippen LogP contribution in [0.2, 0.25) is 0 Å². The number of hydrogen-bond acceptors (Lipinski definition) is 5. The van der Waals surface area contributed by atoms with Gasteiger partial charge in [0.2, 0.25) is 0 Å². The summed E-state index contributed by atoms with van der Waals surface area (Å²) in [5.74, 6) is 1.28. The van der Waals surface area contributed by atoms with Crippen molar-refractivity contribution >= 4 is 39.1 Å². The zero-order chi connectivity index (χ0) is 19.1. The van der Waals surface area contributed by atoms with Gasteiger partial charge < -0.3 is 4.98 Å². The molecular weight excluding hydrogens is 376 g/mol. The number of thiophene rings is 1. The summed E-state index contributed by atoms with van der Waals surface area (Å²) >= 11 is 3.06. The fourth-order valence-corrected chi connectivity index (χ4v) is 5.49. The third-order valence-corrected chi connectivity index (χ3v) is 7.57. The van der Waals surface area contributed by atoms with Crippen LogP contribution < -0.4 is 5.56 Å². The maximum atomic E-state index is 12.8. The van der Waals surface area contributed by atoms with E-state index in [0.29, 0.717) is 17.0 Å². The number of hydrogen-bond donors (Lipinski definition) is 1. The number of Topliss-reactive ketones (excluding diaryl/α,β-unsaturated/α-hetero) is 1. The minimum Gasteiger partial charge on any atom is -0.309 e. The van der Waals surface area contributed by atoms with Crippen LogP contribution in [-0.4, -0.2) is 21.0 Å². The summed E-state index contributed by atoms with van der Waals surface area (Å²) in [5, 5.41) is 0.505. The molecule has 1 aliphatic rings. The van der Waals surface area contributed by atoms with E-state index in [1.54, 1.807) is 11.3 Å². The van der Waals surface area contributed by atoms with Crippen LogP contribution in [0, 0.1) is 13.8 Å². The Bertz CT molecular complexity index is 1100. The van der Waals surface area contributed by atoms with Crippen molar-refractivity contribution in [3.8, 4) is 0 Å². The Labute approximate surface area is 166 Å². The molecule has 4 nitrogen and oxygen atoms in total. The highest BCUT2D eigenvalue weighted by atomic mass is 32.2. The SMILES string of the molecule is Cc1sc2nc(CS[C@@H](C)C(=O)c3ccc4c(c3)CCC4)[nH]c(=O)c2c1C. The standard InChI is InChI=1S/C21H22N2O2S2/c1-11-12(2)27-21-18(11)20(25)22-17(23-21)10-26-13(3)19(24)16-8-7-14-5-4-6-15(14)9-16/h7-9,13H,4-6,10H2,1-3H3,(H,22,23,25)/t13-/m0/s1. The van der Waals surface area contributed by atoms with Gasteiger partial charge in [0.05, 0.1) is 16.4 Å². The van der Waals surface area contributed by atoms with Crippen molar-refractivity contribution in [2.24, 2.45) is 0 Å². The number of nitrogens with zero attached hydrogens (tertiary/aromatic N) is 1. The van der Waals surface area contributed by atoms with Gasteiger partial charge in [-0.2, -0.15) is 0 Å². The van der Waals surface area contributed by atoms with E-state index >= 15 is 0 Å². The van der Waals surface area contributed by atoms with Crippen LogP contribution in [0.25, 0.3) is 10.2 Å². The first-order chi connectivity index (χ1) is 12.9. The summed E-state index contributed by atoms with van der Waals surface area (Å²) in [7, 11) is 0. The molecule has 0 aliphatic heterocycles. The molecule has 3 aromatic rings. The van der Waals surface area contributed by atoms with Crippen molar-refractivity contribution in [1.29, 1.82) is 0 Å². The number of H-pyrrole nitrogens is 1. The van der Waals surface area contributed by atoms with Crippen molar-refractivity contribution in [1.82, 2.24) is 9.97 Å². The Morgan fingerprint density at radius 2 is 2.07 bits per heavy atom. The van der Waals surface area contributed by atoms with E-state index in [1.165, 1.54) is 29.3 Å². The maximum Gasteiger partial charge on any atom is 0.259 e. The maximum absolute atomic E-state index is 12.8. The van der Waals surface area contributed by atoms with Crippen molar-refractivity contribution in [2.75, 3.05) is 0 Å². The minimum atomic E-state index is -0.183. The average Bonchev–Trinajstić information content (AvgIpc) is 3.23. The smallest absolute Gasteiger partial charge is 0.259 e. The van der Waals surface area contributed by atoms with E-state index in [-0.39, 0.29) is 16.6 Å². The van der Waals surface area contributed by atoms with Gasteiger partial charge in [0, 0.05) is 10.4 Å². The summed E-state index contributed by atoms with van der Waals surface area (Å²) in [6, 6.07) is 6.11. The molecule has 0 amide bonds. The van der Waals surface area contributed by atoms with Gasteiger partial charge in [0.1, 0.15) is 10.7 Å². The van der Waals surface area contributed by atoms with Gasteiger partial charge >= 0.3 is 0 Å². The lowest BCUT2D eigenvalue weighted by Gasteiger charge is -2.11. The number of nitrogens with one attached hydrogen (secondary N) is 1. The molecule has 0 radical (unpaired) electrons.